The van der Waals surface area contributed by atoms with Crippen molar-refractivity contribution in [3.8, 4) is 11.6 Å². The van der Waals surface area contributed by atoms with Gasteiger partial charge < -0.3 is 24.8 Å². The Bertz CT molecular complexity index is 1190. The van der Waals surface area contributed by atoms with Crippen LogP contribution in [0, 0.1) is 6.92 Å². The van der Waals surface area contributed by atoms with Crippen molar-refractivity contribution < 1.29 is 24.2 Å². The Kier molecular flexibility index (Phi) is 10.4. The van der Waals surface area contributed by atoms with Crippen LogP contribution in [0.25, 0.3) is 0 Å². The highest BCUT2D eigenvalue weighted by molar-refractivity contribution is 9.10. The summed E-state index contributed by atoms with van der Waals surface area (Å²) in [5.74, 6) is 0.864. The number of nitrogens with one attached hydrogen (secondary N) is 1. The summed E-state index contributed by atoms with van der Waals surface area (Å²) in [6.45, 7) is 11.8. The van der Waals surface area contributed by atoms with Crippen molar-refractivity contribution in [2.24, 2.45) is 0 Å². The predicted octanol–water partition coefficient (Wildman–Crippen LogP) is 6.68. The summed E-state index contributed by atoms with van der Waals surface area (Å²) in [7, 11) is 1.58. The van der Waals surface area contributed by atoms with Crippen molar-refractivity contribution in [3.05, 3.63) is 63.8 Å². The van der Waals surface area contributed by atoms with Gasteiger partial charge in [0, 0.05) is 29.4 Å². The smallest absolute Gasteiger partial charge is 0.407 e. The standard InChI is InChI=1S/C30H40BrN3O5/c1-7-8-10-20-17-19(2)33-28(38-6)24(20)18-32-27(35)23-11-9-12-25(26(23)31)39-22-15-13-21(14-16-22)34(29(36)37)30(3,4)5/h7,9,11-12,17,21-22H,1,8,10,13-16,18H2,2-6H3,(H,32,35)(H,36,37)/t21-,22-. The molecule has 0 bridgehead atoms. The number of aromatic nitrogens is 1. The number of carbonyl (C=O) groups excluding carboxylic acids is 1. The molecule has 1 aromatic carbocycles. The number of aryl methyl sites for hydroxylation is 2. The second kappa shape index (κ2) is 13.3. The molecular formula is C30H40BrN3O5. The molecular weight excluding hydrogens is 562 g/mol. The SMILES string of the molecule is C=CCCc1cc(C)nc(OC)c1CNC(=O)c1cccc(O[C@H]2CC[C@H](N(C(=O)O)C(C)(C)C)CC2)c1Br. The number of pyridine rings is 1. The average molecular weight is 603 g/mol. The topological polar surface area (TPSA) is 101 Å². The first-order valence-electron chi connectivity index (χ1n) is 13.4. The van der Waals surface area contributed by atoms with Crippen LogP contribution in [0.2, 0.25) is 0 Å². The van der Waals surface area contributed by atoms with Gasteiger partial charge in [0.1, 0.15) is 5.75 Å². The first-order valence-corrected chi connectivity index (χ1v) is 14.2. The fourth-order valence-electron chi connectivity index (χ4n) is 5.21. The third-order valence-corrected chi connectivity index (χ3v) is 7.80. The quantitative estimate of drug-likeness (QED) is 0.295. The second-order valence-corrected chi connectivity index (χ2v) is 11.7. The van der Waals surface area contributed by atoms with E-state index < -0.39 is 11.6 Å². The molecule has 0 radical (unpaired) electrons. The lowest BCUT2D eigenvalue weighted by Gasteiger charge is -2.42. The minimum Gasteiger partial charge on any atom is -0.489 e. The van der Waals surface area contributed by atoms with Crippen LogP contribution in [0.5, 0.6) is 11.6 Å². The van der Waals surface area contributed by atoms with E-state index in [1.165, 1.54) is 0 Å². The van der Waals surface area contributed by atoms with Crippen LogP contribution in [-0.4, -0.2) is 51.8 Å². The maximum absolute atomic E-state index is 13.2. The highest BCUT2D eigenvalue weighted by Crippen LogP contribution is 2.34. The zero-order chi connectivity index (χ0) is 28.7. The van der Waals surface area contributed by atoms with Crippen molar-refractivity contribution in [1.82, 2.24) is 15.2 Å². The van der Waals surface area contributed by atoms with Crippen molar-refractivity contribution in [1.29, 1.82) is 0 Å². The molecule has 1 saturated carbocycles. The van der Waals surface area contributed by atoms with Gasteiger partial charge in [-0.2, -0.15) is 0 Å². The van der Waals surface area contributed by atoms with Crippen LogP contribution >= 0.6 is 15.9 Å². The minimum atomic E-state index is -0.889. The molecule has 1 aromatic heterocycles. The Labute approximate surface area is 239 Å². The molecule has 1 heterocycles. The fraction of sp³-hybridized carbons (Fsp3) is 0.500. The third-order valence-electron chi connectivity index (χ3n) is 6.98. The molecule has 0 aliphatic heterocycles. The molecule has 8 nitrogen and oxygen atoms in total. The largest absolute Gasteiger partial charge is 0.489 e. The molecule has 39 heavy (non-hydrogen) atoms. The van der Waals surface area contributed by atoms with Crippen LogP contribution in [0.15, 0.2) is 41.4 Å². The zero-order valence-electron chi connectivity index (χ0n) is 23.6. The first kappa shape index (κ1) is 30.5. The second-order valence-electron chi connectivity index (χ2n) is 10.9. The van der Waals surface area contributed by atoms with E-state index in [4.69, 9.17) is 9.47 Å². The van der Waals surface area contributed by atoms with E-state index in [0.29, 0.717) is 21.7 Å². The molecule has 2 aromatic rings. The Morgan fingerprint density at radius 1 is 1.26 bits per heavy atom. The van der Waals surface area contributed by atoms with Gasteiger partial charge in [-0.15, -0.1) is 6.58 Å². The number of amides is 2. The fourth-order valence-corrected chi connectivity index (χ4v) is 5.75. The number of hydrogen-bond donors (Lipinski definition) is 2. The molecule has 2 N–H and O–H groups in total. The number of ether oxygens (including phenoxy) is 2. The molecule has 3 rings (SSSR count). The van der Waals surface area contributed by atoms with Gasteiger partial charge in [-0.3, -0.25) is 4.79 Å². The van der Waals surface area contributed by atoms with Crippen LogP contribution in [-0.2, 0) is 13.0 Å². The number of carboxylic acid groups (broad SMARTS) is 1. The molecule has 0 spiro atoms. The summed E-state index contributed by atoms with van der Waals surface area (Å²) < 4.78 is 12.4. The number of rotatable bonds is 10. The lowest BCUT2D eigenvalue weighted by molar-refractivity contribution is 0.0366. The highest BCUT2D eigenvalue weighted by atomic mass is 79.9. The van der Waals surface area contributed by atoms with Gasteiger partial charge in [0.25, 0.3) is 5.91 Å². The molecule has 0 atom stereocenters. The van der Waals surface area contributed by atoms with Crippen molar-refractivity contribution in [3.63, 3.8) is 0 Å². The number of halogens is 1. The maximum atomic E-state index is 13.2. The predicted molar refractivity (Wildman–Crippen MR) is 156 cm³/mol. The Morgan fingerprint density at radius 2 is 1.95 bits per heavy atom. The van der Waals surface area contributed by atoms with Crippen molar-refractivity contribution >= 4 is 27.9 Å². The van der Waals surface area contributed by atoms with Gasteiger partial charge >= 0.3 is 6.09 Å². The van der Waals surface area contributed by atoms with Gasteiger partial charge in [-0.1, -0.05) is 12.1 Å². The van der Waals surface area contributed by atoms with Gasteiger partial charge in [0.05, 0.1) is 23.2 Å². The number of carbonyl (C=O) groups is 2. The van der Waals surface area contributed by atoms with Gasteiger partial charge in [0.2, 0.25) is 5.88 Å². The number of nitrogens with zero attached hydrogens (tertiary/aromatic N) is 2. The molecule has 212 valence electrons. The molecule has 0 saturated heterocycles. The van der Waals surface area contributed by atoms with E-state index >= 15 is 0 Å². The van der Waals surface area contributed by atoms with Gasteiger partial charge in [-0.25, -0.2) is 9.78 Å². The summed E-state index contributed by atoms with van der Waals surface area (Å²) in [5.41, 5.74) is 2.79. The Morgan fingerprint density at radius 3 is 2.54 bits per heavy atom. The summed E-state index contributed by atoms with van der Waals surface area (Å²) in [6.07, 6.45) is 5.45. The van der Waals surface area contributed by atoms with Crippen molar-refractivity contribution in [2.45, 2.75) is 90.4 Å². The van der Waals surface area contributed by atoms with E-state index in [1.54, 1.807) is 24.1 Å². The minimum absolute atomic E-state index is 0.0347. The average Bonchev–Trinajstić information content (AvgIpc) is 2.87. The number of methoxy groups -OCH3 is 1. The summed E-state index contributed by atoms with van der Waals surface area (Å²) in [4.78, 5) is 31.1. The molecule has 2 amide bonds. The molecule has 9 heteroatoms. The summed E-state index contributed by atoms with van der Waals surface area (Å²) in [5, 5.41) is 12.7. The zero-order valence-corrected chi connectivity index (χ0v) is 25.1. The molecule has 0 unspecified atom stereocenters. The van der Waals surface area contributed by atoms with E-state index in [9.17, 15) is 14.7 Å². The normalized spacial score (nSPS) is 17.3. The lowest BCUT2D eigenvalue weighted by atomic mass is 9.89. The van der Waals surface area contributed by atoms with E-state index in [1.807, 2.05) is 45.9 Å². The Hall–Kier alpha value is -3.07. The lowest BCUT2D eigenvalue weighted by Crippen LogP contribution is -2.52. The van der Waals surface area contributed by atoms with Crippen LogP contribution < -0.4 is 14.8 Å². The molecule has 1 aliphatic rings. The molecule has 1 aliphatic carbocycles. The molecule has 1 fully saturated rings. The summed E-state index contributed by atoms with van der Waals surface area (Å²) in [6, 6.07) is 7.37. The monoisotopic (exact) mass is 601 g/mol. The van der Waals surface area contributed by atoms with E-state index in [-0.39, 0.29) is 24.6 Å². The highest BCUT2D eigenvalue weighted by Gasteiger charge is 2.36. The van der Waals surface area contributed by atoms with Crippen LogP contribution in [0.1, 0.15) is 80.1 Å². The number of benzene rings is 1. The van der Waals surface area contributed by atoms with Crippen molar-refractivity contribution in [2.75, 3.05) is 7.11 Å². The third kappa shape index (κ3) is 7.75. The van der Waals surface area contributed by atoms with Crippen LogP contribution in [0.4, 0.5) is 4.79 Å². The first-order chi connectivity index (χ1) is 18.5. The number of allylic oxidation sites excluding steroid dienone is 1. The Balaban J connectivity index is 1.68. The number of hydrogen-bond acceptors (Lipinski definition) is 5. The van der Waals surface area contributed by atoms with Gasteiger partial charge in [-0.05, 0) is 106 Å². The van der Waals surface area contributed by atoms with Gasteiger partial charge in [0.15, 0.2) is 0 Å². The maximum Gasteiger partial charge on any atom is 0.407 e. The van der Waals surface area contributed by atoms with E-state index in [0.717, 1.165) is 55.3 Å². The van der Waals surface area contributed by atoms with E-state index in [2.05, 4.69) is 32.8 Å². The van der Waals surface area contributed by atoms with Crippen LogP contribution in [0.3, 0.4) is 0 Å². The summed E-state index contributed by atoms with van der Waals surface area (Å²) >= 11 is 3.58.